The lowest BCUT2D eigenvalue weighted by Gasteiger charge is -2.52. The Bertz CT molecular complexity index is 1080. The summed E-state index contributed by atoms with van der Waals surface area (Å²) in [5.74, 6) is -0.384. The van der Waals surface area contributed by atoms with Gasteiger partial charge in [-0.15, -0.1) is 0 Å². The second-order valence-corrected chi connectivity index (χ2v) is 9.73. The van der Waals surface area contributed by atoms with Gasteiger partial charge in [-0.25, -0.2) is 17.7 Å². The van der Waals surface area contributed by atoms with Gasteiger partial charge in [0.2, 0.25) is 15.7 Å². The third-order valence-corrected chi connectivity index (χ3v) is 7.46. The van der Waals surface area contributed by atoms with Gasteiger partial charge in [-0.1, -0.05) is 23.2 Å². The maximum Gasteiger partial charge on any atom is 0.244 e. The minimum atomic E-state index is -3.79. The first-order valence-corrected chi connectivity index (χ1v) is 10.7. The van der Waals surface area contributed by atoms with Crippen LogP contribution in [-0.4, -0.2) is 57.0 Å². The molecule has 1 aliphatic rings. The fourth-order valence-corrected chi connectivity index (χ4v) is 5.34. The summed E-state index contributed by atoms with van der Waals surface area (Å²) < 4.78 is 46.6. The second-order valence-electron chi connectivity index (χ2n) is 6.98. The molecule has 10 heteroatoms. The van der Waals surface area contributed by atoms with Crippen LogP contribution in [0.3, 0.4) is 0 Å². The monoisotopic (exact) mass is 457 g/mol. The molecule has 0 aliphatic carbocycles. The molecule has 29 heavy (non-hydrogen) atoms. The fraction of sp³-hybridized carbons (Fsp3) is 0.316. The van der Waals surface area contributed by atoms with Gasteiger partial charge < -0.3 is 4.74 Å². The van der Waals surface area contributed by atoms with Gasteiger partial charge in [0.1, 0.15) is 23.1 Å². The van der Waals surface area contributed by atoms with E-state index in [-0.39, 0.29) is 41.1 Å². The largest absolute Gasteiger partial charge is 0.492 e. The summed E-state index contributed by atoms with van der Waals surface area (Å²) in [6.07, 6.45) is 0. The first-order valence-electron chi connectivity index (χ1n) is 8.51. The average Bonchev–Trinajstić information content (AvgIpc) is 2.60. The number of nitrogens with zero attached hydrogens (tertiary/aromatic N) is 3. The van der Waals surface area contributed by atoms with Crippen molar-refractivity contribution in [3.8, 4) is 5.75 Å². The van der Waals surface area contributed by atoms with Crippen LogP contribution in [0.1, 0.15) is 0 Å². The van der Waals surface area contributed by atoms with Gasteiger partial charge in [0.05, 0.1) is 17.1 Å². The normalized spacial score (nSPS) is 16.3. The molecule has 2 aromatic rings. The molecule has 0 aromatic heterocycles. The van der Waals surface area contributed by atoms with E-state index in [4.69, 9.17) is 34.5 Å². The van der Waals surface area contributed by atoms with Gasteiger partial charge in [0.25, 0.3) is 0 Å². The van der Waals surface area contributed by atoms with E-state index in [9.17, 15) is 12.8 Å². The first kappa shape index (κ1) is 21.8. The number of likely N-dealkylation sites (N-methyl/N-ethyl adjacent to an activating group) is 1. The summed E-state index contributed by atoms with van der Waals surface area (Å²) in [7, 11) is -0.136. The van der Waals surface area contributed by atoms with Crippen molar-refractivity contribution in [1.29, 1.82) is 0 Å². The van der Waals surface area contributed by atoms with Crippen molar-refractivity contribution in [2.75, 3.05) is 33.8 Å². The van der Waals surface area contributed by atoms with Crippen LogP contribution in [0.2, 0.25) is 10.0 Å². The van der Waals surface area contributed by atoms with Crippen LogP contribution < -0.4 is 4.74 Å². The molecule has 2 aromatic carbocycles. The molecule has 0 saturated carbocycles. The van der Waals surface area contributed by atoms with Crippen LogP contribution in [0, 0.1) is 12.4 Å². The second kappa shape index (κ2) is 8.09. The van der Waals surface area contributed by atoms with Crippen molar-refractivity contribution in [3.05, 3.63) is 63.7 Å². The van der Waals surface area contributed by atoms with Crippen LogP contribution in [0.25, 0.3) is 4.85 Å². The molecule has 1 heterocycles. The van der Waals surface area contributed by atoms with E-state index in [0.717, 1.165) is 6.07 Å². The molecule has 0 spiro atoms. The molecule has 1 aliphatic heterocycles. The molecular formula is C19H18Cl2FN3O3S. The molecule has 0 radical (unpaired) electrons. The Balaban J connectivity index is 1.74. The third kappa shape index (κ3) is 4.20. The Morgan fingerprint density at radius 2 is 1.93 bits per heavy atom. The van der Waals surface area contributed by atoms with Gasteiger partial charge in [-0.05, 0) is 44.4 Å². The maximum atomic E-state index is 13.8. The summed E-state index contributed by atoms with van der Waals surface area (Å²) in [5.41, 5.74) is -0.665. The zero-order chi connectivity index (χ0) is 21.4. The van der Waals surface area contributed by atoms with E-state index in [2.05, 4.69) is 4.85 Å². The zero-order valence-corrected chi connectivity index (χ0v) is 18.0. The molecule has 0 atom stereocenters. The SMILES string of the molecule is [C-]#[N+]c1ccc(OCC2(N(C)C)CN(S(=O)(=O)c3ccc(Cl)cc3Cl)C2)cc1F. The summed E-state index contributed by atoms with van der Waals surface area (Å²) >= 11 is 11.9. The van der Waals surface area contributed by atoms with Gasteiger partial charge in [-0.3, -0.25) is 4.90 Å². The van der Waals surface area contributed by atoms with E-state index in [0.29, 0.717) is 5.02 Å². The van der Waals surface area contributed by atoms with Crippen molar-refractivity contribution < 1.29 is 17.5 Å². The van der Waals surface area contributed by atoms with Crippen molar-refractivity contribution in [2.45, 2.75) is 10.4 Å². The van der Waals surface area contributed by atoms with Crippen LogP contribution in [0.5, 0.6) is 5.75 Å². The molecule has 0 unspecified atom stereocenters. The van der Waals surface area contributed by atoms with Crippen LogP contribution in [0.4, 0.5) is 10.1 Å². The number of halogens is 3. The van der Waals surface area contributed by atoms with Gasteiger partial charge in [0.15, 0.2) is 0 Å². The highest BCUT2D eigenvalue weighted by molar-refractivity contribution is 7.89. The number of ether oxygens (including phenoxy) is 1. The third-order valence-electron chi connectivity index (χ3n) is 4.95. The zero-order valence-electron chi connectivity index (χ0n) is 15.7. The lowest BCUT2D eigenvalue weighted by atomic mass is 9.92. The van der Waals surface area contributed by atoms with Crippen LogP contribution in [-0.2, 0) is 10.0 Å². The van der Waals surface area contributed by atoms with E-state index in [1.807, 2.05) is 19.0 Å². The summed E-state index contributed by atoms with van der Waals surface area (Å²) in [5, 5.41) is 0.413. The molecule has 0 amide bonds. The predicted octanol–water partition coefficient (Wildman–Crippen LogP) is 4.07. The molecule has 6 nitrogen and oxygen atoms in total. The number of benzene rings is 2. The quantitative estimate of drug-likeness (QED) is 0.613. The number of rotatable bonds is 6. The highest BCUT2D eigenvalue weighted by atomic mass is 35.5. The molecular weight excluding hydrogens is 440 g/mol. The molecule has 1 fully saturated rings. The Kier molecular flexibility index (Phi) is 6.08. The van der Waals surface area contributed by atoms with Gasteiger partial charge >= 0.3 is 0 Å². The number of hydrogen-bond acceptors (Lipinski definition) is 4. The topological polar surface area (TPSA) is 54.2 Å². The number of sulfonamides is 1. The predicted molar refractivity (Wildman–Crippen MR) is 110 cm³/mol. The highest BCUT2D eigenvalue weighted by Gasteiger charge is 2.51. The van der Waals surface area contributed by atoms with Crippen LogP contribution >= 0.6 is 23.2 Å². The van der Waals surface area contributed by atoms with Crippen molar-refractivity contribution >= 4 is 38.9 Å². The minimum Gasteiger partial charge on any atom is -0.492 e. The maximum absolute atomic E-state index is 13.8. The smallest absolute Gasteiger partial charge is 0.244 e. The molecule has 1 saturated heterocycles. The van der Waals surface area contributed by atoms with Crippen LogP contribution in [0.15, 0.2) is 41.3 Å². The van der Waals surface area contributed by atoms with Crippen molar-refractivity contribution in [2.24, 2.45) is 0 Å². The summed E-state index contributed by atoms with van der Waals surface area (Å²) in [6.45, 7) is 7.41. The standard InChI is InChI=1S/C19H18Cl2FN3O3S/c1-23-17-6-5-14(9-16(17)22)28-12-19(24(2)3)10-25(11-19)29(26,27)18-7-4-13(20)8-15(18)21/h4-9H,10-12H2,2-3H3. The van der Waals surface area contributed by atoms with E-state index >= 15 is 0 Å². The van der Waals surface area contributed by atoms with Crippen molar-refractivity contribution in [1.82, 2.24) is 9.21 Å². The van der Waals surface area contributed by atoms with E-state index in [1.54, 1.807) is 0 Å². The molecule has 0 N–H and O–H groups in total. The minimum absolute atomic E-state index is 0.00588. The van der Waals surface area contributed by atoms with Gasteiger partial charge in [0, 0.05) is 24.2 Å². The molecule has 0 bridgehead atoms. The molecule has 3 rings (SSSR count). The average molecular weight is 458 g/mol. The van der Waals surface area contributed by atoms with E-state index < -0.39 is 21.4 Å². The number of hydrogen-bond donors (Lipinski definition) is 0. The Morgan fingerprint density at radius 3 is 2.48 bits per heavy atom. The Hall–Kier alpha value is -1.89. The van der Waals surface area contributed by atoms with Crippen molar-refractivity contribution in [3.63, 3.8) is 0 Å². The lowest BCUT2D eigenvalue weighted by molar-refractivity contribution is -0.0155. The Morgan fingerprint density at radius 1 is 1.24 bits per heavy atom. The highest BCUT2D eigenvalue weighted by Crippen LogP contribution is 2.35. The summed E-state index contributed by atoms with van der Waals surface area (Å²) in [6, 6.07) is 8.26. The fourth-order valence-electron chi connectivity index (χ4n) is 2.99. The molecule has 154 valence electrons. The summed E-state index contributed by atoms with van der Waals surface area (Å²) in [4.78, 5) is 4.95. The first-order chi connectivity index (χ1) is 13.6. The van der Waals surface area contributed by atoms with E-state index in [1.165, 1.54) is 34.6 Å². The van der Waals surface area contributed by atoms with Gasteiger partial charge in [-0.2, -0.15) is 4.31 Å². The Labute approximate surface area is 179 Å². The lowest BCUT2D eigenvalue weighted by Crippen LogP contribution is -2.72.